The molecule has 0 fully saturated rings. The fourth-order valence-corrected chi connectivity index (χ4v) is 7.14. The minimum atomic E-state index is -0.802. The molecule has 384 valence electrons. The Kier molecular flexibility index (Phi) is 52.0. The molecule has 0 rings (SSSR count). The average molecular weight is 941 g/mol. The van der Waals surface area contributed by atoms with E-state index in [1.807, 2.05) is 0 Å². The quantitative estimate of drug-likeness (QED) is 0.0262. The van der Waals surface area contributed by atoms with Crippen LogP contribution in [-0.4, -0.2) is 37.2 Å². The fourth-order valence-electron chi connectivity index (χ4n) is 7.14. The van der Waals surface area contributed by atoms with E-state index in [0.29, 0.717) is 19.3 Å². The molecule has 68 heavy (non-hydrogen) atoms. The first-order valence-electron chi connectivity index (χ1n) is 27.5. The van der Waals surface area contributed by atoms with Crippen LogP contribution in [0.1, 0.15) is 233 Å². The molecule has 0 bridgehead atoms. The van der Waals surface area contributed by atoms with Gasteiger partial charge in [-0.15, -0.1) is 0 Å². The van der Waals surface area contributed by atoms with Crippen LogP contribution < -0.4 is 0 Å². The zero-order valence-electron chi connectivity index (χ0n) is 43.8. The van der Waals surface area contributed by atoms with Crippen molar-refractivity contribution in [1.29, 1.82) is 0 Å². The van der Waals surface area contributed by atoms with Gasteiger partial charge in [-0.05, 0) is 109 Å². The van der Waals surface area contributed by atoms with Crippen molar-refractivity contribution in [2.45, 2.75) is 239 Å². The molecule has 0 radical (unpaired) electrons. The van der Waals surface area contributed by atoms with Crippen molar-refractivity contribution in [1.82, 2.24) is 0 Å². The summed E-state index contributed by atoms with van der Waals surface area (Å²) in [4.78, 5) is 38.0. The number of carbonyl (C=O) groups is 3. The lowest BCUT2D eigenvalue weighted by Gasteiger charge is -2.18. The van der Waals surface area contributed by atoms with Gasteiger partial charge in [0.05, 0.1) is 0 Å². The number of rotatable bonds is 48. The summed E-state index contributed by atoms with van der Waals surface area (Å²) in [5, 5.41) is 0. The summed E-state index contributed by atoms with van der Waals surface area (Å²) in [6.45, 7) is 6.35. The van der Waals surface area contributed by atoms with E-state index in [0.717, 1.165) is 148 Å². The largest absolute Gasteiger partial charge is 0.462 e. The first-order valence-corrected chi connectivity index (χ1v) is 27.5. The van der Waals surface area contributed by atoms with Crippen LogP contribution in [0.2, 0.25) is 0 Å². The summed E-state index contributed by atoms with van der Waals surface area (Å²) in [7, 11) is 0. The van der Waals surface area contributed by atoms with Crippen molar-refractivity contribution in [3.05, 3.63) is 122 Å². The van der Waals surface area contributed by atoms with Gasteiger partial charge in [-0.3, -0.25) is 14.4 Å². The smallest absolute Gasteiger partial charge is 0.306 e. The zero-order chi connectivity index (χ0) is 49.3. The molecule has 0 N–H and O–H groups in total. The molecule has 0 aromatic rings. The number of allylic oxidation sites excluding steroid dienone is 20. The van der Waals surface area contributed by atoms with Crippen molar-refractivity contribution in [2.75, 3.05) is 13.2 Å². The number of hydrogen-bond acceptors (Lipinski definition) is 6. The third-order valence-electron chi connectivity index (χ3n) is 11.2. The molecule has 0 spiro atoms. The van der Waals surface area contributed by atoms with Crippen LogP contribution in [0.3, 0.4) is 0 Å². The summed E-state index contributed by atoms with van der Waals surface area (Å²) in [6, 6.07) is 0. The molecule has 0 aliphatic carbocycles. The highest BCUT2D eigenvalue weighted by atomic mass is 16.6. The van der Waals surface area contributed by atoms with Crippen LogP contribution in [0.25, 0.3) is 0 Å². The maximum absolute atomic E-state index is 12.8. The van der Waals surface area contributed by atoms with E-state index in [4.69, 9.17) is 14.2 Å². The normalized spacial score (nSPS) is 13.0. The second-order valence-corrected chi connectivity index (χ2v) is 17.7. The van der Waals surface area contributed by atoms with Gasteiger partial charge in [0.15, 0.2) is 6.10 Å². The van der Waals surface area contributed by atoms with E-state index in [-0.39, 0.29) is 31.1 Å². The topological polar surface area (TPSA) is 78.9 Å². The number of ether oxygens (including phenoxy) is 3. The lowest BCUT2D eigenvalue weighted by Crippen LogP contribution is -2.30. The molecule has 6 nitrogen and oxygen atoms in total. The highest BCUT2D eigenvalue weighted by Crippen LogP contribution is 2.14. The Morgan fingerprint density at radius 2 is 0.574 bits per heavy atom. The van der Waals surface area contributed by atoms with Crippen LogP contribution in [-0.2, 0) is 28.6 Å². The van der Waals surface area contributed by atoms with Gasteiger partial charge >= 0.3 is 17.9 Å². The monoisotopic (exact) mass is 941 g/mol. The highest BCUT2D eigenvalue weighted by Gasteiger charge is 2.19. The standard InChI is InChI=1S/C62H100O6/c1-4-7-10-13-16-19-22-24-26-27-28-29-30-31-32-33-34-35-37-38-40-43-46-49-52-55-61(64)67-58-59(57-66-60(63)54-51-48-45-42-21-18-15-12-9-6-3)68-62(65)56-53-50-47-44-41-39-36-25-23-20-17-14-11-8-5-2/h7-8,10-11,16-17,19-20,24-26,28-29,31-32,34-36,38,40,59H,4-6,9,12-15,18,21-23,27,30,33,37,39,41-58H2,1-3H3/b10-7-,11-8-,19-16-,20-17-,26-24-,29-28-,32-31-,35-34-,36-25-,40-38-. The minimum Gasteiger partial charge on any atom is -0.462 e. The number of esters is 3. The Labute approximate surface area is 418 Å². The van der Waals surface area contributed by atoms with Crippen LogP contribution in [0.15, 0.2) is 122 Å². The lowest BCUT2D eigenvalue weighted by atomic mass is 10.1. The van der Waals surface area contributed by atoms with Crippen LogP contribution in [0.4, 0.5) is 0 Å². The first kappa shape index (κ1) is 63.8. The Morgan fingerprint density at radius 1 is 0.309 bits per heavy atom. The first-order chi connectivity index (χ1) is 33.5. The summed E-state index contributed by atoms with van der Waals surface area (Å²) >= 11 is 0. The molecule has 0 heterocycles. The summed E-state index contributed by atoms with van der Waals surface area (Å²) in [6.07, 6.45) is 76.2. The third kappa shape index (κ3) is 52.8. The third-order valence-corrected chi connectivity index (χ3v) is 11.2. The molecular formula is C62H100O6. The van der Waals surface area contributed by atoms with E-state index in [1.54, 1.807) is 0 Å². The molecular weight excluding hydrogens is 841 g/mol. The van der Waals surface area contributed by atoms with Gasteiger partial charge in [-0.1, -0.05) is 226 Å². The second kappa shape index (κ2) is 55.4. The average Bonchev–Trinajstić information content (AvgIpc) is 3.34. The van der Waals surface area contributed by atoms with Crippen molar-refractivity contribution in [3.8, 4) is 0 Å². The molecule has 0 saturated carbocycles. The van der Waals surface area contributed by atoms with Gasteiger partial charge in [0, 0.05) is 19.3 Å². The Balaban J connectivity index is 4.41. The van der Waals surface area contributed by atoms with Gasteiger partial charge in [-0.25, -0.2) is 0 Å². The Morgan fingerprint density at radius 3 is 0.912 bits per heavy atom. The maximum atomic E-state index is 12.8. The van der Waals surface area contributed by atoms with E-state index < -0.39 is 6.10 Å². The van der Waals surface area contributed by atoms with Crippen molar-refractivity contribution in [2.24, 2.45) is 0 Å². The van der Waals surface area contributed by atoms with E-state index in [9.17, 15) is 14.4 Å². The molecule has 0 aliphatic rings. The van der Waals surface area contributed by atoms with Gasteiger partial charge in [0.25, 0.3) is 0 Å². The van der Waals surface area contributed by atoms with Crippen molar-refractivity contribution < 1.29 is 28.6 Å². The van der Waals surface area contributed by atoms with Crippen molar-refractivity contribution in [3.63, 3.8) is 0 Å². The molecule has 0 aromatic carbocycles. The predicted octanol–water partition coefficient (Wildman–Crippen LogP) is 18.5. The van der Waals surface area contributed by atoms with Gasteiger partial charge < -0.3 is 14.2 Å². The van der Waals surface area contributed by atoms with E-state index >= 15 is 0 Å². The molecule has 0 aromatic heterocycles. The van der Waals surface area contributed by atoms with E-state index in [2.05, 4.69) is 142 Å². The molecule has 0 saturated heterocycles. The maximum Gasteiger partial charge on any atom is 0.306 e. The summed E-state index contributed by atoms with van der Waals surface area (Å²) in [5.41, 5.74) is 0. The number of hydrogen-bond donors (Lipinski definition) is 0. The zero-order valence-corrected chi connectivity index (χ0v) is 43.8. The summed E-state index contributed by atoms with van der Waals surface area (Å²) < 4.78 is 16.8. The fraction of sp³-hybridized carbons (Fsp3) is 0.629. The number of carbonyl (C=O) groups excluding carboxylic acids is 3. The molecule has 0 aliphatic heterocycles. The second-order valence-electron chi connectivity index (χ2n) is 17.7. The molecule has 1 unspecified atom stereocenters. The van der Waals surface area contributed by atoms with Crippen LogP contribution in [0, 0.1) is 0 Å². The number of unbranched alkanes of at least 4 members (excludes halogenated alkanes) is 17. The molecule has 1 atom stereocenters. The van der Waals surface area contributed by atoms with Gasteiger partial charge in [0.2, 0.25) is 0 Å². The predicted molar refractivity (Wildman–Crippen MR) is 293 cm³/mol. The molecule has 0 amide bonds. The highest BCUT2D eigenvalue weighted by molar-refractivity contribution is 5.71. The minimum absolute atomic E-state index is 0.0975. The van der Waals surface area contributed by atoms with Gasteiger partial charge in [-0.2, -0.15) is 0 Å². The van der Waals surface area contributed by atoms with E-state index in [1.165, 1.54) is 44.9 Å². The molecule has 6 heteroatoms. The Hall–Kier alpha value is -4.19. The Bertz CT molecular complexity index is 1450. The van der Waals surface area contributed by atoms with Gasteiger partial charge in [0.1, 0.15) is 13.2 Å². The van der Waals surface area contributed by atoms with Crippen molar-refractivity contribution >= 4 is 17.9 Å². The van der Waals surface area contributed by atoms with Crippen LogP contribution >= 0.6 is 0 Å². The lowest BCUT2D eigenvalue weighted by molar-refractivity contribution is -0.167. The SMILES string of the molecule is CC/C=C\C/C=C\C/C=C\C/C=C\C/C=C\C/C=C\C/C=C\CCCCCC(=O)OCC(COC(=O)CCCCCCCCCCCC)OC(=O)CCCCCCC/C=C\C/C=C\C/C=C\CC. The summed E-state index contributed by atoms with van der Waals surface area (Å²) in [5.74, 6) is -0.955. The van der Waals surface area contributed by atoms with Crippen LogP contribution in [0.5, 0.6) is 0 Å².